The molecule has 1 amide bonds. The SMILES string of the molecule is CCCCCCCCCCC/C=C/CC/C=C/CC/C=C/C(O)C(COC1OC(CO)C(OC2OC(CO)C(OC3OC(CO)C(O)C(O)C3O)C(O)C2O)C(O)C1O)NC(=O)CCCCCCCCC. The summed E-state index contributed by atoms with van der Waals surface area (Å²) in [6.45, 7) is 1.60. The lowest BCUT2D eigenvalue weighted by Crippen LogP contribution is -2.66. The number of amides is 1. The van der Waals surface area contributed by atoms with Crippen molar-refractivity contribution in [1.29, 1.82) is 0 Å². The number of allylic oxidation sites excluding steroid dienone is 5. The van der Waals surface area contributed by atoms with Crippen molar-refractivity contribution < 1.29 is 89.4 Å². The van der Waals surface area contributed by atoms with Gasteiger partial charge in [-0.3, -0.25) is 4.79 Å². The lowest BCUT2D eigenvalue weighted by Gasteiger charge is -2.48. The van der Waals surface area contributed by atoms with E-state index in [2.05, 4.69) is 43.5 Å². The van der Waals surface area contributed by atoms with Gasteiger partial charge in [-0.2, -0.15) is 0 Å². The zero-order valence-corrected chi connectivity index (χ0v) is 42.4. The third-order valence-electron chi connectivity index (χ3n) is 13.4. The zero-order valence-electron chi connectivity index (χ0n) is 42.4. The van der Waals surface area contributed by atoms with E-state index < -0.39 is 124 Å². The lowest BCUT2D eigenvalue weighted by molar-refractivity contribution is -0.379. The van der Waals surface area contributed by atoms with Crippen LogP contribution in [0.15, 0.2) is 36.5 Å². The van der Waals surface area contributed by atoms with E-state index in [0.29, 0.717) is 12.8 Å². The number of aliphatic hydroxyl groups is 11. The van der Waals surface area contributed by atoms with Crippen molar-refractivity contribution in [2.45, 2.75) is 259 Å². The first kappa shape index (κ1) is 63.3. The molecule has 0 spiro atoms. The van der Waals surface area contributed by atoms with Gasteiger partial charge in [-0.15, -0.1) is 0 Å². The van der Waals surface area contributed by atoms with E-state index in [1.54, 1.807) is 6.08 Å². The molecule has 3 aliphatic rings. The smallest absolute Gasteiger partial charge is 0.220 e. The first-order valence-corrected chi connectivity index (χ1v) is 26.7. The average Bonchev–Trinajstić information content (AvgIpc) is 3.36. The Bertz CT molecular complexity index is 1450. The molecule has 0 aliphatic carbocycles. The quantitative estimate of drug-likeness (QED) is 0.0314. The fourth-order valence-corrected chi connectivity index (χ4v) is 8.93. The summed E-state index contributed by atoms with van der Waals surface area (Å²) in [6.07, 6.45) is 8.96. The van der Waals surface area contributed by atoms with Crippen molar-refractivity contribution in [1.82, 2.24) is 5.32 Å². The minimum atomic E-state index is -1.98. The van der Waals surface area contributed by atoms with Crippen LogP contribution in [0.2, 0.25) is 0 Å². The highest BCUT2D eigenvalue weighted by atomic mass is 16.8. The number of aliphatic hydroxyl groups excluding tert-OH is 11. The Balaban J connectivity index is 1.54. The molecule has 71 heavy (non-hydrogen) atoms. The van der Waals surface area contributed by atoms with Gasteiger partial charge >= 0.3 is 0 Å². The molecule has 0 aromatic rings. The zero-order chi connectivity index (χ0) is 52.0. The first-order chi connectivity index (χ1) is 34.3. The molecule has 0 aromatic heterocycles. The molecule has 19 nitrogen and oxygen atoms in total. The van der Waals surface area contributed by atoms with Crippen LogP contribution in [0.5, 0.6) is 0 Å². The second-order valence-electron chi connectivity index (χ2n) is 19.3. The number of hydrogen-bond acceptors (Lipinski definition) is 18. The van der Waals surface area contributed by atoms with Crippen LogP contribution < -0.4 is 5.32 Å². The summed E-state index contributed by atoms with van der Waals surface area (Å²) in [4.78, 5) is 13.1. The van der Waals surface area contributed by atoms with E-state index in [1.807, 2.05) is 6.08 Å². The van der Waals surface area contributed by atoms with Gasteiger partial charge in [0.25, 0.3) is 0 Å². The van der Waals surface area contributed by atoms with Gasteiger partial charge in [0.05, 0.1) is 38.6 Å². The number of rotatable bonds is 37. The Kier molecular flexibility index (Phi) is 32.9. The highest BCUT2D eigenvalue weighted by Gasteiger charge is 2.53. The predicted octanol–water partition coefficient (Wildman–Crippen LogP) is 2.59. The number of carbonyl (C=O) groups is 1. The van der Waals surface area contributed by atoms with Gasteiger partial charge in [0, 0.05) is 6.42 Å². The molecule has 17 atom stereocenters. The number of nitrogens with one attached hydrogen (secondary N) is 1. The maximum absolute atomic E-state index is 13.1. The van der Waals surface area contributed by atoms with Crippen LogP contribution in [0.3, 0.4) is 0 Å². The molecule has 17 unspecified atom stereocenters. The van der Waals surface area contributed by atoms with Crippen LogP contribution >= 0.6 is 0 Å². The number of carbonyl (C=O) groups excluding carboxylic acids is 1. The first-order valence-electron chi connectivity index (χ1n) is 26.7. The van der Waals surface area contributed by atoms with Crippen LogP contribution in [0.4, 0.5) is 0 Å². The molecule has 3 saturated heterocycles. The van der Waals surface area contributed by atoms with E-state index in [4.69, 9.17) is 28.4 Å². The molecule has 12 N–H and O–H groups in total. The highest BCUT2D eigenvalue weighted by Crippen LogP contribution is 2.33. The standard InChI is InChI=1S/C52H93NO18/c1-3-5-7-9-11-12-13-14-15-16-17-18-19-20-21-22-24-25-27-29-36(57)35(53-40(58)30-28-26-23-10-8-6-4-2)34-66-50-46(64)43(61)48(38(32-55)68-50)71-52-47(65)44(62)49(39(33-56)69-52)70-51-45(63)42(60)41(59)37(31-54)67-51/h17-18,21-22,27,29,35-39,41-52,54-57,59-65H,3-16,19-20,23-26,28,30-34H2,1-2H3,(H,53,58)/b18-17+,22-21+,29-27+. The van der Waals surface area contributed by atoms with Crippen LogP contribution in [0.25, 0.3) is 0 Å². The largest absolute Gasteiger partial charge is 0.394 e. The highest BCUT2D eigenvalue weighted by molar-refractivity contribution is 5.76. The van der Waals surface area contributed by atoms with Crippen molar-refractivity contribution in [3.05, 3.63) is 36.5 Å². The van der Waals surface area contributed by atoms with E-state index in [9.17, 15) is 61.0 Å². The van der Waals surface area contributed by atoms with E-state index in [1.165, 1.54) is 64.2 Å². The van der Waals surface area contributed by atoms with Gasteiger partial charge in [0.1, 0.15) is 73.2 Å². The monoisotopic (exact) mass is 1020 g/mol. The number of hydrogen-bond donors (Lipinski definition) is 12. The minimum Gasteiger partial charge on any atom is -0.394 e. The van der Waals surface area contributed by atoms with Crippen molar-refractivity contribution >= 4 is 5.91 Å². The molecule has 3 aliphatic heterocycles. The van der Waals surface area contributed by atoms with E-state index in [-0.39, 0.29) is 18.9 Å². The van der Waals surface area contributed by atoms with Crippen LogP contribution in [0.1, 0.15) is 155 Å². The van der Waals surface area contributed by atoms with Gasteiger partial charge in [0.15, 0.2) is 18.9 Å². The maximum Gasteiger partial charge on any atom is 0.220 e. The third-order valence-corrected chi connectivity index (χ3v) is 13.4. The Morgan fingerprint density at radius 2 is 0.901 bits per heavy atom. The van der Waals surface area contributed by atoms with Gasteiger partial charge < -0.3 is 89.9 Å². The summed E-state index contributed by atoms with van der Waals surface area (Å²) >= 11 is 0. The van der Waals surface area contributed by atoms with Gasteiger partial charge in [-0.25, -0.2) is 0 Å². The molecule has 0 bridgehead atoms. The second-order valence-corrected chi connectivity index (χ2v) is 19.3. The molecule has 3 rings (SSSR count). The Morgan fingerprint density at radius 3 is 1.41 bits per heavy atom. The summed E-state index contributed by atoms with van der Waals surface area (Å²) < 4.78 is 34.0. The molecule has 0 radical (unpaired) electrons. The topological polar surface area (TPSA) is 307 Å². The molecule has 19 heteroatoms. The number of unbranched alkanes of at least 4 members (excludes halogenated alkanes) is 17. The van der Waals surface area contributed by atoms with Crippen molar-refractivity contribution in [3.63, 3.8) is 0 Å². The van der Waals surface area contributed by atoms with Gasteiger partial charge in [-0.05, 0) is 44.9 Å². The van der Waals surface area contributed by atoms with Crippen molar-refractivity contribution in [2.24, 2.45) is 0 Å². The summed E-state index contributed by atoms with van der Waals surface area (Å²) in [7, 11) is 0. The lowest BCUT2D eigenvalue weighted by atomic mass is 9.96. The van der Waals surface area contributed by atoms with Gasteiger partial charge in [0.2, 0.25) is 5.91 Å². The Labute approximate surface area is 421 Å². The maximum atomic E-state index is 13.1. The molecule has 0 saturated carbocycles. The molecule has 3 fully saturated rings. The van der Waals surface area contributed by atoms with Crippen LogP contribution in [-0.2, 0) is 33.2 Å². The molecule has 414 valence electrons. The molecule has 0 aromatic carbocycles. The van der Waals surface area contributed by atoms with Gasteiger partial charge in [-0.1, -0.05) is 140 Å². The summed E-state index contributed by atoms with van der Waals surface area (Å²) in [5.74, 6) is -0.299. The van der Waals surface area contributed by atoms with Crippen LogP contribution in [0, 0.1) is 0 Å². The normalized spacial score (nSPS) is 32.5. The Morgan fingerprint density at radius 1 is 0.493 bits per heavy atom. The minimum absolute atomic E-state index is 0.231. The fraction of sp³-hybridized carbons (Fsp3) is 0.865. The summed E-state index contributed by atoms with van der Waals surface area (Å²) in [6, 6.07) is -0.989. The number of ether oxygens (including phenoxy) is 6. The molecular formula is C52H93NO18. The second kappa shape index (κ2) is 36.9. The van der Waals surface area contributed by atoms with E-state index in [0.717, 1.165) is 57.8 Å². The third kappa shape index (κ3) is 22.4. The Hall–Kier alpha value is -1.99. The fourth-order valence-electron chi connectivity index (χ4n) is 8.93. The summed E-state index contributed by atoms with van der Waals surface area (Å²) in [5.41, 5.74) is 0. The molecule has 3 heterocycles. The predicted molar refractivity (Wildman–Crippen MR) is 263 cm³/mol. The van der Waals surface area contributed by atoms with Crippen LogP contribution in [-0.4, -0.2) is 193 Å². The average molecular weight is 1020 g/mol. The summed E-state index contributed by atoms with van der Waals surface area (Å²) in [5, 5.41) is 119. The van der Waals surface area contributed by atoms with Crippen molar-refractivity contribution in [2.75, 3.05) is 26.4 Å². The molecular weight excluding hydrogens is 927 g/mol. The van der Waals surface area contributed by atoms with Crippen molar-refractivity contribution in [3.8, 4) is 0 Å². The van der Waals surface area contributed by atoms with E-state index >= 15 is 0 Å².